The molecule has 1 unspecified atom stereocenters. The summed E-state index contributed by atoms with van der Waals surface area (Å²) in [5.41, 5.74) is 20.9. The average molecular weight is 1020 g/mol. The number of amidine groups is 2. The van der Waals surface area contributed by atoms with E-state index in [1.54, 1.807) is 0 Å². The van der Waals surface area contributed by atoms with E-state index in [-0.39, 0.29) is 6.17 Å². The minimum Gasteiger partial charge on any atom is -0.344 e. The van der Waals surface area contributed by atoms with Gasteiger partial charge in [0.15, 0.2) is 5.84 Å². The second kappa shape index (κ2) is 19.7. The zero-order valence-corrected chi connectivity index (χ0v) is 43.7. The van der Waals surface area contributed by atoms with Crippen LogP contribution in [0, 0.1) is 0 Å². The first-order valence-electron chi connectivity index (χ1n) is 27.3. The number of hydrogen-bond acceptors (Lipinski definition) is 3. The molecule has 0 saturated heterocycles. The summed E-state index contributed by atoms with van der Waals surface area (Å²) >= 11 is 0. The summed E-state index contributed by atoms with van der Waals surface area (Å²) in [5, 5.41) is 8.63. The van der Waals surface area contributed by atoms with Crippen molar-refractivity contribution in [2.45, 2.75) is 6.17 Å². The van der Waals surface area contributed by atoms with Gasteiger partial charge in [0.05, 0.1) is 27.8 Å². The third-order valence-electron chi connectivity index (χ3n) is 15.8. The number of fused-ring (bicyclic) bond motifs is 6. The monoisotopic (exact) mass is 1020 g/mol. The molecule has 1 N–H and O–H groups in total. The molecule has 80 heavy (non-hydrogen) atoms. The highest BCUT2D eigenvalue weighted by molar-refractivity contribution is 6.16. The predicted molar refractivity (Wildman–Crippen MR) is 334 cm³/mol. The first kappa shape index (κ1) is 46.7. The molecular weight excluding hydrogens is 971 g/mol. The van der Waals surface area contributed by atoms with E-state index in [0.717, 1.165) is 100 Å². The quantitative estimate of drug-likeness (QED) is 0.146. The molecule has 1 aliphatic heterocycles. The van der Waals surface area contributed by atoms with Crippen LogP contribution in [0.15, 0.2) is 307 Å². The fraction of sp³-hybridized carbons (Fsp3) is 0.0133. The molecule has 0 bridgehead atoms. The van der Waals surface area contributed by atoms with Crippen LogP contribution in [0.25, 0.3) is 111 Å². The van der Waals surface area contributed by atoms with Crippen molar-refractivity contribution in [2.24, 2.45) is 9.98 Å². The molecular formula is C75H51N5. The van der Waals surface area contributed by atoms with E-state index < -0.39 is 0 Å². The summed E-state index contributed by atoms with van der Waals surface area (Å²) in [6.45, 7) is 0. The van der Waals surface area contributed by atoms with Crippen LogP contribution in [0.2, 0.25) is 0 Å². The van der Waals surface area contributed by atoms with E-state index in [1.165, 1.54) is 32.9 Å². The summed E-state index contributed by atoms with van der Waals surface area (Å²) in [6, 6.07) is 107. The van der Waals surface area contributed by atoms with Gasteiger partial charge in [0.2, 0.25) is 0 Å². The Morgan fingerprint density at radius 3 is 1.26 bits per heavy atom. The van der Waals surface area contributed by atoms with Crippen LogP contribution in [-0.4, -0.2) is 20.8 Å². The van der Waals surface area contributed by atoms with Crippen LogP contribution >= 0.6 is 0 Å². The van der Waals surface area contributed by atoms with Gasteiger partial charge in [-0.2, -0.15) is 0 Å². The molecule has 0 amide bonds. The highest BCUT2D eigenvalue weighted by Gasteiger charge is 2.27. The predicted octanol–water partition coefficient (Wildman–Crippen LogP) is 18.7. The molecule has 376 valence electrons. The van der Waals surface area contributed by atoms with Crippen molar-refractivity contribution in [2.75, 3.05) is 0 Å². The Morgan fingerprint density at radius 1 is 0.287 bits per heavy atom. The molecule has 14 aromatic rings. The van der Waals surface area contributed by atoms with Crippen LogP contribution < -0.4 is 5.32 Å². The van der Waals surface area contributed by atoms with E-state index in [0.29, 0.717) is 5.84 Å². The van der Waals surface area contributed by atoms with Gasteiger partial charge in [0.1, 0.15) is 12.0 Å². The molecule has 5 heteroatoms. The first-order valence-corrected chi connectivity index (χ1v) is 27.3. The summed E-state index contributed by atoms with van der Waals surface area (Å²) in [7, 11) is 0. The van der Waals surface area contributed by atoms with E-state index >= 15 is 0 Å². The van der Waals surface area contributed by atoms with Crippen molar-refractivity contribution < 1.29 is 0 Å². The van der Waals surface area contributed by atoms with Gasteiger partial charge in [-0.25, -0.2) is 9.98 Å². The highest BCUT2D eigenvalue weighted by Crippen LogP contribution is 2.45. The number of nitrogens with one attached hydrogen (secondary N) is 1. The van der Waals surface area contributed by atoms with Crippen LogP contribution in [0.3, 0.4) is 0 Å². The lowest BCUT2D eigenvalue weighted by atomic mass is 9.90. The molecule has 1 atom stereocenters. The van der Waals surface area contributed by atoms with E-state index in [2.05, 4.69) is 306 Å². The zero-order chi connectivity index (χ0) is 52.9. The Bertz CT molecular complexity index is 4520. The summed E-state index contributed by atoms with van der Waals surface area (Å²) in [6.07, 6.45) is -0.377. The van der Waals surface area contributed by atoms with Gasteiger partial charge in [-0.1, -0.05) is 249 Å². The van der Waals surface area contributed by atoms with Crippen molar-refractivity contribution in [1.29, 1.82) is 0 Å². The van der Waals surface area contributed by atoms with E-state index in [1.807, 2.05) is 6.07 Å². The first-order chi connectivity index (χ1) is 39.7. The summed E-state index contributed by atoms with van der Waals surface area (Å²) in [5.74, 6) is 1.42. The Hall–Kier alpha value is -10.6. The minimum absolute atomic E-state index is 0.377. The van der Waals surface area contributed by atoms with Crippen molar-refractivity contribution in [3.8, 4) is 67.0 Å². The number of nitrogens with zero attached hydrogens (tertiary/aromatic N) is 4. The molecule has 0 radical (unpaired) electrons. The van der Waals surface area contributed by atoms with Gasteiger partial charge in [-0.15, -0.1) is 0 Å². The Kier molecular flexibility index (Phi) is 11.5. The molecule has 0 spiro atoms. The van der Waals surface area contributed by atoms with Gasteiger partial charge in [-0.05, 0) is 98.6 Å². The lowest BCUT2D eigenvalue weighted by Gasteiger charge is -2.26. The van der Waals surface area contributed by atoms with E-state index in [9.17, 15) is 0 Å². The van der Waals surface area contributed by atoms with Crippen molar-refractivity contribution >= 4 is 55.3 Å². The van der Waals surface area contributed by atoms with E-state index in [4.69, 9.17) is 9.98 Å². The van der Waals surface area contributed by atoms with Gasteiger partial charge >= 0.3 is 0 Å². The van der Waals surface area contributed by atoms with Crippen LogP contribution in [0.1, 0.15) is 22.9 Å². The number of hydrogen-bond donors (Lipinski definition) is 1. The third-order valence-corrected chi connectivity index (χ3v) is 15.8. The molecule has 12 aromatic carbocycles. The fourth-order valence-electron chi connectivity index (χ4n) is 11.9. The second-order valence-corrected chi connectivity index (χ2v) is 20.5. The van der Waals surface area contributed by atoms with Crippen molar-refractivity contribution in [3.63, 3.8) is 0 Å². The van der Waals surface area contributed by atoms with Crippen molar-refractivity contribution in [3.05, 3.63) is 314 Å². The maximum Gasteiger partial charge on any atom is 0.159 e. The summed E-state index contributed by atoms with van der Waals surface area (Å²) < 4.78 is 4.96. The Morgan fingerprint density at radius 2 is 0.713 bits per heavy atom. The molecule has 5 nitrogen and oxygen atoms in total. The lowest BCUT2D eigenvalue weighted by molar-refractivity contribution is 0.674. The second-order valence-electron chi connectivity index (χ2n) is 20.5. The molecule has 0 saturated carbocycles. The SMILES string of the molecule is c1ccc(C2=NC(c3ccccc3)NC(c3cc(-c4ccc(-c5ccccc5)cc4)c(-n4c5ccc(-n6c7ccccc7c7ccccc76)cc5c5ccc(-c6ccccc6)cc54)c(-c4ccc(-c5ccccc5)cc4)c3)=N2)cc1. The van der Waals surface area contributed by atoms with Gasteiger partial charge in [0.25, 0.3) is 0 Å². The topological polar surface area (TPSA) is 46.6 Å². The molecule has 1 aliphatic rings. The lowest BCUT2D eigenvalue weighted by Crippen LogP contribution is -2.33. The Balaban J connectivity index is 1.04. The number of para-hydroxylation sites is 2. The van der Waals surface area contributed by atoms with Gasteiger partial charge in [-0.3, -0.25) is 0 Å². The normalized spacial score (nSPS) is 13.4. The number of rotatable bonds is 10. The number of aromatic nitrogens is 2. The molecule has 0 fully saturated rings. The zero-order valence-electron chi connectivity index (χ0n) is 43.7. The fourth-order valence-corrected chi connectivity index (χ4v) is 11.9. The van der Waals surface area contributed by atoms with Crippen molar-refractivity contribution in [1.82, 2.24) is 14.5 Å². The molecule has 15 rings (SSSR count). The van der Waals surface area contributed by atoms with Gasteiger partial charge in [0, 0.05) is 49.5 Å². The molecule has 2 aromatic heterocycles. The average Bonchev–Trinajstić information content (AvgIpc) is 4.26. The third kappa shape index (κ3) is 8.28. The maximum absolute atomic E-state index is 5.44. The highest BCUT2D eigenvalue weighted by atomic mass is 15.2. The molecule has 3 heterocycles. The van der Waals surface area contributed by atoms with Gasteiger partial charge < -0.3 is 14.5 Å². The minimum atomic E-state index is -0.377. The van der Waals surface area contributed by atoms with Crippen LogP contribution in [-0.2, 0) is 0 Å². The number of aliphatic imine (C=N–C) groups is 2. The largest absolute Gasteiger partial charge is 0.344 e. The van der Waals surface area contributed by atoms with Crippen LogP contribution in [0.4, 0.5) is 0 Å². The maximum atomic E-state index is 5.44. The summed E-state index contributed by atoms with van der Waals surface area (Å²) in [4.78, 5) is 10.7. The van der Waals surface area contributed by atoms with Crippen LogP contribution in [0.5, 0.6) is 0 Å². The Labute approximate surface area is 464 Å². The standard InChI is InChI=1S/C75H51N5/c1-6-20-50(21-7-1)53-34-38-55(39-35-53)65-46-60(75-77-73(57-26-12-4-13-27-57)76-74(78-75)58-28-14-5-15-29-58)47-66(56-40-36-54(37-41-56)51-22-8-2-9-23-51)72(65)80-70-45-43-61(79-68-32-18-16-30-62(68)63-31-17-19-33-69(63)79)49-67(70)64-44-42-59(48-71(64)80)52-24-10-3-11-25-52/h1-49,73H,(H,76,77,78). The smallest absolute Gasteiger partial charge is 0.159 e. The molecule has 0 aliphatic carbocycles. The number of benzene rings is 12.